The monoisotopic (exact) mass is 376 g/mol. The molecule has 0 aliphatic heterocycles. The van der Waals surface area contributed by atoms with E-state index in [0.29, 0.717) is 5.56 Å². The highest BCUT2D eigenvalue weighted by atomic mass is 19.2. The van der Waals surface area contributed by atoms with Crippen LogP contribution in [0.3, 0.4) is 0 Å². The van der Waals surface area contributed by atoms with Gasteiger partial charge >= 0.3 is 6.03 Å². The number of aromatic amines is 1. The van der Waals surface area contributed by atoms with Crippen LogP contribution < -0.4 is 16.2 Å². The fourth-order valence-electron chi connectivity index (χ4n) is 2.61. The van der Waals surface area contributed by atoms with Gasteiger partial charge in [-0.15, -0.1) is 0 Å². The van der Waals surface area contributed by atoms with Crippen molar-refractivity contribution in [3.8, 4) is 0 Å². The van der Waals surface area contributed by atoms with Crippen LogP contribution in [0.15, 0.2) is 41.2 Å². The van der Waals surface area contributed by atoms with Crippen molar-refractivity contribution in [3.05, 3.63) is 75.5 Å². The molecular formula is C18H15F3N4O2. The molecule has 3 aromatic rings. The third-order valence-electron chi connectivity index (χ3n) is 3.98. The first-order valence-corrected chi connectivity index (χ1v) is 8.01. The van der Waals surface area contributed by atoms with Gasteiger partial charge in [-0.2, -0.15) is 5.10 Å². The average Bonchev–Trinajstić information content (AvgIpc) is 2.63. The van der Waals surface area contributed by atoms with Gasteiger partial charge in [0.1, 0.15) is 5.82 Å². The molecule has 2 aromatic carbocycles. The molecule has 6 nitrogen and oxygen atoms in total. The van der Waals surface area contributed by atoms with Crippen molar-refractivity contribution < 1.29 is 18.0 Å². The number of aromatic nitrogens is 2. The third kappa shape index (κ3) is 4.08. The molecule has 0 spiro atoms. The third-order valence-corrected chi connectivity index (χ3v) is 3.98. The molecular weight excluding hydrogens is 361 g/mol. The molecule has 0 saturated heterocycles. The SMILES string of the molecule is C[C@@H](NC(=O)NCc1ccc(F)cc1)c1n[nH]c(=O)c2cc(F)c(F)cc12. The van der Waals surface area contributed by atoms with Crippen molar-refractivity contribution in [2.75, 3.05) is 0 Å². The Labute approximate surface area is 151 Å². The van der Waals surface area contributed by atoms with E-state index in [2.05, 4.69) is 20.8 Å². The van der Waals surface area contributed by atoms with Gasteiger partial charge in [-0.3, -0.25) is 4.79 Å². The summed E-state index contributed by atoms with van der Waals surface area (Å²) in [5, 5.41) is 11.3. The van der Waals surface area contributed by atoms with E-state index in [9.17, 15) is 22.8 Å². The quantitative estimate of drug-likeness (QED) is 0.654. The summed E-state index contributed by atoms with van der Waals surface area (Å²) in [6.07, 6.45) is 0. The number of fused-ring (bicyclic) bond motifs is 1. The second-order valence-electron chi connectivity index (χ2n) is 5.93. The van der Waals surface area contributed by atoms with Gasteiger partial charge < -0.3 is 10.6 Å². The van der Waals surface area contributed by atoms with E-state index in [-0.39, 0.29) is 28.8 Å². The van der Waals surface area contributed by atoms with Crippen LogP contribution in [0.4, 0.5) is 18.0 Å². The van der Waals surface area contributed by atoms with Crippen LogP contribution in [0.1, 0.15) is 24.2 Å². The number of rotatable bonds is 4. The Bertz CT molecular complexity index is 1050. The van der Waals surface area contributed by atoms with Crippen LogP contribution in [-0.4, -0.2) is 16.2 Å². The normalized spacial score (nSPS) is 12.0. The Morgan fingerprint density at radius 1 is 1.11 bits per heavy atom. The van der Waals surface area contributed by atoms with Gasteiger partial charge in [0.15, 0.2) is 11.6 Å². The van der Waals surface area contributed by atoms with E-state index in [1.807, 2.05) is 0 Å². The summed E-state index contributed by atoms with van der Waals surface area (Å²) in [5.41, 5.74) is 0.213. The molecule has 1 atom stereocenters. The maximum absolute atomic E-state index is 13.6. The Hall–Kier alpha value is -3.36. The smallest absolute Gasteiger partial charge is 0.315 e. The van der Waals surface area contributed by atoms with Gasteiger partial charge in [0.2, 0.25) is 0 Å². The molecule has 0 radical (unpaired) electrons. The lowest BCUT2D eigenvalue weighted by molar-refractivity contribution is 0.237. The fourth-order valence-corrected chi connectivity index (χ4v) is 2.61. The van der Waals surface area contributed by atoms with Crippen LogP contribution in [0.5, 0.6) is 0 Å². The van der Waals surface area contributed by atoms with E-state index in [1.54, 1.807) is 6.92 Å². The Morgan fingerprint density at radius 2 is 1.74 bits per heavy atom. The van der Waals surface area contributed by atoms with Crippen LogP contribution in [0, 0.1) is 17.5 Å². The van der Waals surface area contributed by atoms with Crippen molar-refractivity contribution in [2.24, 2.45) is 0 Å². The highest BCUT2D eigenvalue weighted by molar-refractivity contribution is 5.84. The maximum atomic E-state index is 13.6. The van der Waals surface area contributed by atoms with Crippen molar-refractivity contribution in [2.45, 2.75) is 19.5 Å². The molecule has 1 heterocycles. The number of nitrogens with one attached hydrogen (secondary N) is 3. The molecule has 0 saturated carbocycles. The van der Waals surface area contributed by atoms with Crippen molar-refractivity contribution >= 4 is 16.8 Å². The minimum atomic E-state index is -1.15. The molecule has 140 valence electrons. The van der Waals surface area contributed by atoms with Crippen molar-refractivity contribution in [3.63, 3.8) is 0 Å². The Morgan fingerprint density at radius 3 is 2.41 bits per heavy atom. The summed E-state index contributed by atoms with van der Waals surface area (Å²) in [6.45, 7) is 1.75. The summed E-state index contributed by atoms with van der Waals surface area (Å²) >= 11 is 0. The largest absolute Gasteiger partial charge is 0.334 e. The molecule has 3 rings (SSSR count). The molecule has 0 fully saturated rings. The Kier molecular flexibility index (Phi) is 5.11. The van der Waals surface area contributed by atoms with E-state index in [1.165, 1.54) is 24.3 Å². The molecule has 2 amide bonds. The number of H-pyrrole nitrogens is 1. The first-order valence-electron chi connectivity index (χ1n) is 8.01. The number of benzene rings is 2. The van der Waals surface area contributed by atoms with Gasteiger partial charge in [0, 0.05) is 11.9 Å². The van der Waals surface area contributed by atoms with Gasteiger partial charge in [0.25, 0.3) is 5.56 Å². The fraction of sp³-hybridized carbons (Fsp3) is 0.167. The average molecular weight is 376 g/mol. The van der Waals surface area contributed by atoms with Crippen LogP contribution in [0.25, 0.3) is 10.8 Å². The zero-order chi connectivity index (χ0) is 19.6. The zero-order valence-electron chi connectivity index (χ0n) is 14.1. The van der Waals surface area contributed by atoms with Crippen LogP contribution in [-0.2, 0) is 6.54 Å². The van der Waals surface area contributed by atoms with Gasteiger partial charge in [0.05, 0.1) is 17.1 Å². The minimum Gasteiger partial charge on any atom is -0.334 e. The lowest BCUT2D eigenvalue weighted by Gasteiger charge is -2.16. The lowest BCUT2D eigenvalue weighted by Crippen LogP contribution is -2.37. The lowest BCUT2D eigenvalue weighted by atomic mass is 10.1. The number of hydrogen-bond donors (Lipinski definition) is 3. The first kappa shape index (κ1) is 18.4. The second-order valence-corrected chi connectivity index (χ2v) is 5.93. The molecule has 3 N–H and O–H groups in total. The maximum Gasteiger partial charge on any atom is 0.315 e. The zero-order valence-corrected chi connectivity index (χ0v) is 14.1. The molecule has 0 unspecified atom stereocenters. The minimum absolute atomic E-state index is 0.0701. The summed E-state index contributed by atoms with van der Waals surface area (Å²) in [6, 6.07) is 6.04. The topological polar surface area (TPSA) is 86.9 Å². The molecule has 1 aromatic heterocycles. The molecule has 0 aliphatic carbocycles. The van der Waals surface area contributed by atoms with Crippen molar-refractivity contribution in [1.29, 1.82) is 0 Å². The van der Waals surface area contributed by atoms with Gasteiger partial charge in [-0.1, -0.05) is 12.1 Å². The first-order chi connectivity index (χ1) is 12.8. The number of carbonyl (C=O) groups is 1. The van der Waals surface area contributed by atoms with Crippen LogP contribution in [0.2, 0.25) is 0 Å². The molecule has 9 heteroatoms. The standard InChI is InChI=1S/C18H15F3N4O2/c1-9(23-18(27)22-8-10-2-4-11(19)5-3-10)16-12-6-14(20)15(21)7-13(12)17(26)25-24-16/h2-7,9H,8H2,1H3,(H,25,26)(H2,22,23,27)/t9-/m1/s1. The van der Waals surface area contributed by atoms with E-state index >= 15 is 0 Å². The van der Waals surface area contributed by atoms with Crippen LogP contribution >= 0.6 is 0 Å². The number of urea groups is 1. The highest BCUT2D eigenvalue weighted by Gasteiger charge is 2.18. The summed E-state index contributed by atoms with van der Waals surface area (Å²) in [4.78, 5) is 23.9. The van der Waals surface area contributed by atoms with Crippen molar-refractivity contribution in [1.82, 2.24) is 20.8 Å². The van der Waals surface area contributed by atoms with E-state index < -0.39 is 29.3 Å². The second kappa shape index (κ2) is 7.48. The van der Waals surface area contributed by atoms with E-state index in [4.69, 9.17) is 0 Å². The van der Waals surface area contributed by atoms with E-state index in [0.717, 1.165) is 12.1 Å². The predicted octanol–water partition coefficient (Wildman–Crippen LogP) is 2.90. The Balaban J connectivity index is 1.75. The number of hydrogen-bond acceptors (Lipinski definition) is 3. The molecule has 0 aliphatic rings. The molecule has 27 heavy (non-hydrogen) atoms. The predicted molar refractivity (Wildman–Crippen MR) is 92.5 cm³/mol. The number of amides is 2. The van der Waals surface area contributed by atoms with Gasteiger partial charge in [-0.05, 0) is 36.8 Å². The summed E-state index contributed by atoms with van der Waals surface area (Å²) in [7, 11) is 0. The number of carbonyl (C=O) groups excluding carboxylic acids is 1. The number of nitrogens with zero attached hydrogens (tertiary/aromatic N) is 1. The summed E-state index contributed by atoms with van der Waals surface area (Å²) < 4.78 is 39.9. The molecule has 0 bridgehead atoms. The summed E-state index contributed by atoms with van der Waals surface area (Å²) in [5.74, 6) is -2.65. The van der Waals surface area contributed by atoms with Gasteiger partial charge in [-0.25, -0.2) is 23.1 Å². The number of halogens is 3. The highest BCUT2D eigenvalue weighted by Crippen LogP contribution is 2.22.